The summed E-state index contributed by atoms with van der Waals surface area (Å²) in [7, 11) is 0. The molecule has 2 aliphatic rings. The molecule has 3 atom stereocenters. The monoisotopic (exact) mass is 381 g/mol. The van der Waals surface area contributed by atoms with E-state index in [1.54, 1.807) is 6.92 Å². The lowest BCUT2D eigenvalue weighted by atomic mass is 9.86. The first-order valence-corrected chi connectivity index (χ1v) is 9.44. The Morgan fingerprint density at radius 2 is 1.96 bits per heavy atom. The number of esters is 1. The number of rotatable bonds is 4. The lowest BCUT2D eigenvalue weighted by Gasteiger charge is -2.30. The van der Waals surface area contributed by atoms with E-state index in [9.17, 15) is 9.59 Å². The van der Waals surface area contributed by atoms with E-state index in [0.29, 0.717) is 30.6 Å². The molecule has 1 aliphatic heterocycles. The van der Waals surface area contributed by atoms with E-state index in [1.807, 2.05) is 0 Å². The van der Waals surface area contributed by atoms with E-state index >= 15 is 0 Å². The zero-order chi connectivity index (χ0) is 18.7. The molecule has 1 amide bonds. The molecule has 0 radical (unpaired) electrons. The van der Waals surface area contributed by atoms with Gasteiger partial charge in [0, 0.05) is 6.04 Å². The fraction of sp³-hybridized carbons (Fsp3) is 0.579. The Hall–Kier alpha value is -1.95. The van der Waals surface area contributed by atoms with Crippen LogP contribution in [-0.2, 0) is 9.53 Å². The van der Waals surface area contributed by atoms with Gasteiger partial charge >= 0.3 is 5.97 Å². The summed E-state index contributed by atoms with van der Waals surface area (Å²) in [5.74, 6) is 0.367. The topological polar surface area (TPSA) is 73.9 Å². The van der Waals surface area contributed by atoms with Crippen LogP contribution in [0.5, 0.6) is 11.5 Å². The van der Waals surface area contributed by atoms with Crippen LogP contribution in [0.1, 0.15) is 49.9 Å². The van der Waals surface area contributed by atoms with Gasteiger partial charge in [-0.25, -0.2) is 4.79 Å². The summed E-state index contributed by atoms with van der Waals surface area (Å²) in [6, 6.07) is 3.13. The Balaban J connectivity index is 1.62. The number of fused-ring (bicyclic) bond motifs is 1. The molecule has 1 aromatic carbocycles. The first-order chi connectivity index (χ1) is 12.5. The second kappa shape index (κ2) is 8.16. The summed E-state index contributed by atoms with van der Waals surface area (Å²) in [4.78, 5) is 24.8. The molecule has 0 spiro atoms. The fourth-order valence-corrected chi connectivity index (χ4v) is 3.61. The molecule has 1 aromatic rings. The van der Waals surface area contributed by atoms with Crippen molar-refractivity contribution in [3.8, 4) is 11.5 Å². The van der Waals surface area contributed by atoms with E-state index in [1.165, 1.54) is 18.6 Å². The highest BCUT2D eigenvalue weighted by molar-refractivity contribution is 6.32. The van der Waals surface area contributed by atoms with Crippen molar-refractivity contribution < 1.29 is 23.8 Å². The third kappa shape index (κ3) is 4.23. The van der Waals surface area contributed by atoms with Crippen molar-refractivity contribution in [1.29, 1.82) is 0 Å². The Labute approximate surface area is 158 Å². The predicted octanol–water partition coefficient (Wildman–Crippen LogP) is 3.35. The lowest BCUT2D eigenvalue weighted by Crippen LogP contribution is -2.46. The molecular weight excluding hydrogens is 358 g/mol. The normalized spacial score (nSPS) is 23.0. The average Bonchev–Trinajstić information content (AvgIpc) is 2.63. The van der Waals surface area contributed by atoms with Gasteiger partial charge in [0.25, 0.3) is 5.91 Å². The lowest BCUT2D eigenvalue weighted by molar-refractivity contribution is -0.130. The zero-order valence-electron chi connectivity index (χ0n) is 15.0. The number of hydrogen-bond acceptors (Lipinski definition) is 5. The molecular formula is C19H24ClNO5. The van der Waals surface area contributed by atoms with E-state index < -0.39 is 12.1 Å². The van der Waals surface area contributed by atoms with Crippen LogP contribution in [0.3, 0.4) is 0 Å². The van der Waals surface area contributed by atoms with Crippen LogP contribution in [0.15, 0.2) is 12.1 Å². The van der Waals surface area contributed by atoms with Gasteiger partial charge in [0.05, 0.1) is 10.6 Å². The number of ether oxygens (including phenoxy) is 3. The van der Waals surface area contributed by atoms with Crippen LogP contribution >= 0.6 is 11.6 Å². The molecule has 3 rings (SSSR count). The van der Waals surface area contributed by atoms with Gasteiger partial charge < -0.3 is 19.5 Å². The van der Waals surface area contributed by atoms with Gasteiger partial charge in [0.1, 0.15) is 13.2 Å². The van der Waals surface area contributed by atoms with Crippen LogP contribution in [0, 0.1) is 5.92 Å². The average molecular weight is 382 g/mol. The van der Waals surface area contributed by atoms with Crippen molar-refractivity contribution in [2.45, 2.75) is 51.7 Å². The number of amides is 1. The molecule has 0 saturated heterocycles. The van der Waals surface area contributed by atoms with Crippen molar-refractivity contribution in [2.24, 2.45) is 5.92 Å². The maximum Gasteiger partial charge on any atom is 0.339 e. The Morgan fingerprint density at radius 1 is 1.23 bits per heavy atom. The number of halogens is 1. The number of hydrogen-bond donors (Lipinski definition) is 1. The highest BCUT2D eigenvalue weighted by Crippen LogP contribution is 2.38. The molecule has 3 unspecified atom stereocenters. The molecule has 26 heavy (non-hydrogen) atoms. The SMILES string of the molecule is CC(OC(=O)c1cc(Cl)c2c(c1)OCCO2)C(=O)NC1CCCCC1C. The third-order valence-electron chi connectivity index (χ3n) is 4.92. The molecule has 1 heterocycles. The zero-order valence-corrected chi connectivity index (χ0v) is 15.8. The van der Waals surface area contributed by atoms with Crippen LogP contribution in [0.4, 0.5) is 0 Å². The highest BCUT2D eigenvalue weighted by Gasteiger charge is 2.27. The standard InChI is InChI=1S/C19H24ClNO5/c1-11-5-3-4-6-15(11)21-18(22)12(2)26-19(23)13-9-14(20)17-16(10-13)24-7-8-25-17/h9-12,15H,3-8H2,1-2H3,(H,21,22). The third-order valence-corrected chi connectivity index (χ3v) is 5.21. The molecule has 1 saturated carbocycles. The van der Waals surface area contributed by atoms with Gasteiger partial charge in [-0.3, -0.25) is 4.79 Å². The number of nitrogens with one attached hydrogen (secondary N) is 1. The van der Waals surface area contributed by atoms with E-state index in [0.717, 1.165) is 19.3 Å². The molecule has 0 aromatic heterocycles. The maximum absolute atomic E-state index is 12.4. The number of carbonyl (C=O) groups is 2. The van der Waals surface area contributed by atoms with Crippen molar-refractivity contribution in [2.75, 3.05) is 13.2 Å². The summed E-state index contributed by atoms with van der Waals surface area (Å²) < 4.78 is 16.2. The summed E-state index contributed by atoms with van der Waals surface area (Å²) in [6.45, 7) is 4.51. The van der Waals surface area contributed by atoms with Gasteiger partial charge in [-0.05, 0) is 37.8 Å². The van der Waals surface area contributed by atoms with Gasteiger partial charge in [-0.1, -0.05) is 31.4 Å². The largest absolute Gasteiger partial charge is 0.486 e. The molecule has 7 heteroatoms. The summed E-state index contributed by atoms with van der Waals surface area (Å²) in [5, 5.41) is 3.28. The fourth-order valence-electron chi connectivity index (χ4n) is 3.34. The number of carbonyl (C=O) groups excluding carboxylic acids is 2. The molecule has 1 N–H and O–H groups in total. The molecule has 6 nitrogen and oxygen atoms in total. The smallest absolute Gasteiger partial charge is 0.339 e. The van der Waals surface area contributed by atoms with Crippen LogP contribution in [-0.4, -0.2) is 37.2 Å². The second-order valence-corrected chi connectivity index (χ2v) is 7.31. The molecule has 1 aliphatic carbocycles. The predicted molar refractivity (Wildman–Crippen MR) is 96.9 cm³/mol. The maximum atomic E-state index is 12.4. The van der Waals surface area contributed by atoms with Crippen molar-refractivity contribution in [1.82, 2.24) is 5.32 Å². The summed E-state index contributed by atoms with van der Waals surface area (Å²) in [5.41, 5.74) is 0.227. The molecule has 142 valence electrons. The van der Waals surface area contributed by atoms with Gasteiger partial charge in [-0.2, -0.15) is 0 Å². The number of benzene rings is 1. The quantitative estimate of drug-likeness (QED) is 0.809. The summed E-state index contributed by atoms with van der Waals surface area (Å²) >= 11 is 6.14. The van der Waals surface area contributed by atoms with Crippen molar-refractivity contribution in [3.05, 3.63) is 22.7 Å². The first kappa shape index (κ1) is 18.8. The van der Waals surface area contributed by atoms with Crippen LogP contribution < -0.4 is 14.8 Å². The Kier molecular flexibility index (Phi) is 5.91. The second-order valence-electron chi connectivity index (χ2n) is 6.91. The first-order valence-electron chi connectivity index (χ1n) is 9.06. The minimum absolute atomic E-state index is 0.140. The highest BCUT2D eigenvalue weighted by atomic mass is 35.5. The molecule has 0 bridgehead atoms. The van der Waals surface area contributed by atoms with Crippen molar-refractivity contribution >= 4 is 23.5 Å². The Morgan fingerprint density at radius 3 is 2.73 bits per heavy atom. The molecule has 1 fully saturated rings. The van der Waals surface area contributed by atoms with Crippen LogP contribution in [0.2, 0.25) is 5.02 Å². The van der Waals surface area contributed by atoms with Gasteiger partial charge in [-0.15, -0.1) is 0 Å². The van der Waals surface area contributed by atoms with Gasteiger partial charge in [0.15, 0.2) is 17.6 Å². The van der Waals surface area contributed by atoms with E-state index in [2.05, 4.69) is 12.2 Å². The Bertz CT molecular complexity index is 693. The summed E-state index contributed by atoms with van der Waals surface area (Å²) in [6.07, 6.45) is 3.49. The van der Waals surface area contributed by atoms with Gasteiger partial charge in [0.2, 0.25) is 0 Å². The van der Waals surface area contributed by atoms with Crippen LogP contribution in [0.25, 0.3) is 0 Å². The minimum atomic E-state index is -0.886. The van der Waals surface area contributed by atoms with E-state index in [4.69, 9.17) is 25.8 Å². The minimum Gasteiger partial charge on any atom is -0.486 e. The van der Waals surface area contributed by atoms with Crippen molar-refractivity contribution in [3.63, 3.8) is 0 Å². The van der Waals surface area contributed by atoms with E-state index in [-0.39, 0.29) is 22.5 Å².